The van der Waals surface area contributed by atoms with Gasteiger partial charge in [0.25, 0.3) is 5.91 Å². The quantitative estimate of drug-likeness (QED) is 0.0366. The first-order valence-electron chi connectivity index (χ1n) is 19.1. The van der Waals surface area contributed by atoms with Crippen molar-refractivity contribution in [3.63, 3.8) is 0 Å². The summed E-state index contributed by atoms with van der Waals surface area (Å²) >= 11 is 0. The van der Waals surface area contributed by atoms with E-state index in [4.69, 9.17) is 9.47 Å². The van der Waals surface area contributed by atoms with Gasteiger partial charge in [-0.25, -0.2) is 14.6 Å². The van der Waals surface area contributed by atoms with E-state index < -0.39 is 47.2 Å². The number of alkyl halides is 3. The standard InChI is InChI=1S/C43H40F3N7O6/c1-21-8-9-22(14-25-17-33(59-42(57)48-13-12-47-2)37-35(34(21)25)36(41(56)58-3)39(53-37)43(44,45)46)38(54)30-16-24-15-26(10-11-29(24)52-30)51-40(55)31-18-28-27-7-5-4-6-23(27)19-49-32(28)20-50-31/h4-7,10-11,15-18,20-22,47,49,52-53H,8-9,12-14,19H2,1-3H3,(H,48,57)(H,51,55). The zero-order valence-corrected chi connectivity index (χ0v) is 32.3. The summed E-state index contributed by atoms with van der Waals surface area (Å²) in [6.07, 6.45) is -3.36. The van der Waals surface area contributed by atoms with Gasteiger partial charge in [-0.1, -0.05) is 31.2 Å². The number of H-pyrrole nitrogens is 2. The van der Waals surface area contributed by atoms with Gasteiger partial charge in [0, 0.05) is 53.1 Å². The number of anilines is 2. The molecule has 2 aliphatic rings. The van der Waals surface area contributed by atoms with Crippen LogP contribution in [0.25, 0.3) is 32.9 Å². The number of carbonyl (C=O) groups is 4. The van der Waals surface area contributed by atoms with Gasteiger partial charge in [-0.3, -0.25) is 9.59 Å². The molecule has 0 fully saturated rings. The summed E-state index contributed by atoms with van der Waals surface area (Å²) in [5.74, 6) is -3.09. The average Bonchev–Trinajstić information content (AvgIpc) is 3.80. The van der Waals surface area contributed by atoms with Crippen LogP contribution in [0.2, 0.25) is 0 Å². The first-order valence-corrected chi connectivity index (χ1v) is 19.1. The maximum atomic E-state index is 14.5. The summed E-state index contributed by atoms with van der Waals surface area (Å²) in [7, 11) is 2.68. The minimum absolute atomic E-state index is 0.0624. The Morgan fingerprint density at radius 1 is 0.949 bits per heavy atom. The normalized spacial score (nSPS) is 16.0. The lowest BCUT2D eigenvalue weighted by Crippen LogP contribution is -2.32. The molecule has 0 radical (unpaired) electrons. The van der Waals surface area contributed by atoms with Gasteiger partial charge in [-0.15, -0.1) is 0 Å². The number of fused-ring (bicyclic) bond motifs is 7. The summed E-state index contributed by atoms with van der Waals surface area (Å²) in [6.45, 7) is 3.08. The zero-order chi connectivity index (χ0) is 41.6. The fourth-order valence-electron chi connectivity index (χ4n) is 8.20. The number of Topliss-reactive ketones (excluding diaryl/α,β-unsaturated/α-hetero) is 1. The molecule has 3 aromatic carbocycles. The number of pyridine rings is 1. The molecule has 2 unspecified atom stereocenters. The Labute approximate surface area is 335 Å². The van der Waals surface area contributed by atoms with Crippen LogP contribution in [-0.2, 0) is 23.9 Å². The number of hydrogen-bond acceptors (Lipinski definition) is 9. The second-order valence-corrected chi connectivity index (χ2v) is 14.8. The molecule has 16 heteroatoms. The number of rotatable bonds is 9. The van der Waals surface area contributed by atoms with Crippen molar-refractivity contribution in [1.29, 1.82) is 0 Å². The molecule has 6 aromatic rings. The van der Waals surface area contributed by atoms with Crippen molar-refractivity contribution in [3.05, 3.63) is 106 Å². The lowest BCUT2D eigenvalue weighted by atomic mass is 9.88. The van der Waals surface area contributed by atoms with E-state index in [2.05, 4.69) is 36.2 Å². The van der Waals surface area contributed by atoms with Gasteiger partial charge < -0.3 is 40.7 Å². The van der Waals surface area contributed by atoms with E-state index >= 15 is 0 Å². The smallest absolute Gasteiger partial charge is 0.432 e. The molecule has 1 aliphatic carbocycles. The number of ether oxygens (including phenoxy) is 2. The highest BCUT2D eigenvalue weighted by atomic mass is 19.4. The monoisotopic (exact) mass is 807 g/mol. The van der Waals surface area contributed by atoms with Gasteiger partial charge in [0.05, 0.1) is 35.8 Å². The Bertz CT molecular complexity index is 2670. The van der Waals surface area contributed by atoms with Crippen molar-refractivity contribution in [2.24, 2.45) is 5.92 Å². The molecule has 1 aliphatic heterocycles. The van der Waals surface area contributed by atoms with Crippen LogP contribution in [0.15, 0.2) is 66.9 Å². The van der Waals surface area contributed by atoms with Crippen LogP contribution in [0.1, 0.15) is 79.4 Å². The van der Waals surface area contributed by atoms with Crippen LogP contribution >= 0.6 is 0 Å². The second kappa shape index (κ2) is 15.6. The van der Waals surface area contributed by atoms with Gasteiger partial charge in [-0.2, -0.15) is 13.2 Å². The van der Waals surface area contributed by atoms with Crippen molar-refractivity contribution in [1.82, 2.24) is 25.6 Å². The summed E-state index contributed by atoms with van der Waals surface area (Å²) in [4.78, 5) is 63.5. The molecule has 3 aromatic heterocycles. The fourth-order valence-corrected chi connectivity index (χ4v) is 8.20. The Balaban J connectivity index is 1.09. The number of ketones is 1. The van der Waals surface area contributed by atoms with Crippen molar-refractivity contribution >= 4 is 56.9 Å². The van der Waals surface area contributed by atoms with Crippen LogP contribution in [0.5, 0.6) is 5.75 Å². The van der Waals surface area contributed by atoms with E-state index in [-0.39, 0.29) is 41.1 Å². The summed E-state index contributed by atoms with van der Waals surface area (Å²) in [6, 6.07) is 18.1. The van der Waals surface area contributed by atoms with Gasteiger partial charge >= 0.3 is 18.2 Å². The fraction of sp³-hybridized carbons (Fsp3) is 0.279. The van der Waals surface area contributed by atoms with Gasteiger partial charge in [0.1, 0.15) is 11.4 Å². The third-order valence-corrected chi connectivity index (χ3v) is 11.0. The molecule has 2 amide bonds. The zero-order valence-electron chi connectivity index (χ0n) is 32.3. The Morgan fingerprint density at radius 2 is 1.76 bits per heavy atom. The molecule has 0 saturated heterocycles. The number of hydrogen-bond donors (Lipinski definition) is 6. The van der Waals surface area contributed by atoms with E-state index in [1.807, 2.05) is 31.2 Å². The van der Waals surface area contributed by atoms with Gasteiger partial charge in [0.2, 0.25) is 0 Å². The van der Waals surface area contributed by atoms with Crippen molar-refractivity contribution in [2.45, 2.75) is 44.8 Å². The molecular formula is C43H40F3N7O6. The molecule has 0 bridgehead atoms. The number of carbonyl (C=O) groups excluding carboxylic acids is 4. The van der Waals surface area contributed by atoms with Crippen LogP contribution in [0.3, 0.4) is 0 Å². The number of aromatic nitrogens is 3. The number of esters is 1. The number of nitrogens with zero attached hydrogens (tertiary/aromatic N) is 1. The number of aromatic amines is 2. The van der Waals surface area contributed by atoms with E-state index in [1.54, 1.807) is 43.6 Å². The Kier molecular flexibility index (Phi) is 10.3. The molecule has 59 heavy (non-hydrogen) atoms. The third-order valence-electron chi connectivity index (χ3n) is 11.0. The minimum Gasteiger partial charge on any atom is -0.465 e. The Morgan fingerprint density at radius 3 is 2.54 bits per heavy atom. The molecule has 8 rings (SSSR count). The summed E-state index contributed by atoms with van der Waals surface area (Å²) in [5, 5.41) is 12.3. The average molecular weight is 808 g/mol. The highest BCUT2D eigenvalue weighted by Gasteiger charge is 2.42. The van der Waals surface area contributed by atoms with Crippen LogP contribution in [0.4, 0.5) is 29.3 Å². The molecule has 4 heterocycles. The van der Waals surface area contributed by atoms with E-state index in [9.17, 15) is 32.3 Å². The number of benzene rings is 3. The van der Waals surface area contributed by atoms with Crippen LogP contribution < -0.4 is 26.0 Å². The largest absolute Gasteiger partial charge is 0.465 e. The van der Waals surface area contributed by atoms with E-state index in [1.165, 1.54) is 6.07 Å². The second-order valence-electron chi connectivity index (χ2n) is 14.8. The highest BCUT2D eigenvalue weighted by Crippen LogP contribution is 2.47. The number of methoxy groups -OCH3 is 1. The lowest BCUT2D eigenvalue weighted by molar-refractivity contribution is -0.141. The summed E-state index contributed by atoms with van der Waals surface area (Å²) in [5.41, 5.74) is 4.26. The van der Waals surface area contributed by atoms with Gasteiger partial charge in [0.15, 0.2) is 11.5 Å². The van der Waals surface area contributed by atoms with Crippen molar-refractivity contribution < 1.29 is 41.8 Å². The SMILES string of the molecule is CNCCNC(=O)Oc1cc2c(c3c(C(=O)OC)c(C(F)(F)F)[nH]c13)C(C)CCC(C(=O)c1cc3cc(NC(=O)c4cc5c(cn4)NCc4ccccc4-5)ccc3[nH]1)C2. The lowest BCUT2D eigenvalue weighted by Gasteiger charge is -2.21. The molecule has 304 valence electrons. The molecule has 0 spiro atoms. The predicted octanol–water partition coefficient (Wildman–Crippen LogP) is 7.94. The van der Waals surface area contributed by atoms with E-state index in [0.717, 1.165) is 29.5 Å². The highest BCUT2D eigenvalue weighted by molar-refractivity contribution is 6.10. The number of halogens is 3. The van der Waals surface area contributed by atoms with Crippen molar-refractivity contribution in [2.75, 3.05) is 37.9 Å². The Hall–Kier alpha value is -6.68. The maximum Gasteiger partial charge on any atom is 0.432 e. The molecule has 2 atom stereocenters. The number of nitrogens with one attached hydrogen (secondary N) is 6. The molecule has 0 saturated carbocycles. The third kappa shape index (κ3) is 7.46. The van der Waals surface area contributed by atoms with Crippen LogP contribution in [0, 0.1) is 5.92 Å². The molecule has 6 N–H and O–H groups in total. The number of amides is 2. The summed E-state index contributed by atoms with van der Waals surface area (Å²) < 4.78 is 53.8. The minimum atomic E-state index is -4.98. The first kappa shape index (κ1) is 39.2. The van der Waals surface area contributed by atoms with Gasteiger partial charge in [-0.05, 0) is 90.9 Å². The predicted molar refractivity (Wildman–Crippen MR) is 215 cm³/mol. The molecule has 13 nitrogen and oxygen atoms in total. The number of likely N-dealkylation sites (N-methyl/N-ethyl adjacent to an activating group) is 1. The van der Waals surface area contributed by atoms with Crippen molar-refractivity contribution in [3.8, 4) is 16.9 Å². The maximum absolute atomic E-state index is 14.5. The molecular weight excluding hydrogens is 768 g/mol. The van der Waals surface area contributed by atoms with Crippen LogP contribution in [-0.4, -0.2) is 66.0 Å². The topological polar surface area (TPSA) is 179 Å². The first-order chi connectivity index (χ1) is 28.3. The van der Waals surface area contributed by atoms with E-state index in [0.29, 0.717) is 59.3 Å².